The molecule has 0 bridgehead atoms. The van der Waals surface area contributed by atoms with Crippen molar-refractivity contribution < 1.29 is 9.47 Å². The highest BCUT2D eigenvalue weighted by Crippen LogP contribution is 2.33. The van der Waals surface area contributed by atoms with E-state index in [4.69, 9.17) is 9.47 Å². The molecule has 0 saturated carbocycles. The largest absolute Gasteiger partial charge is 0.483 e. The van der Waals surface area contributed by atoms with Crippen molar-refractivity contribution >= 4 is 0 Å². The van der Waals surface area contributed by atoms with E-state index in [2.05, 4.69) is 64.1 Å². The molecule has 0 amide bonds. The van der Waals surface area contributed by atoms with Crippen LogP contribution >= 0.6 is 0 Å². The average Bonchev–Trinajstić information content (AvgIpc) is 2.69. The van der Waals surface area contributed by atoms with Gasteiger partial charge in [0, 0.05) is 0 Å². The Bertz CT molecular complexity index is 839. The first-order valence-electron chi connectivity index (χ1n) is 9.52. The molecule has 0 N–H and O–H groups in total. The molecule has 27 heavy (non-hydrogen) atoms. The third-order valence-corrected chi connectivity index (χ3v) is 5.07. The van der Waals surface area contributed by atoms with Crippen molar-refractivity contribution in [3.8, 4) is 11.5 Å². The molecule has 0 aliphatic heterocycles. The molecule has 3 aromatic carbocycles. The summed E-state index contributed by atoms with van der Waals surface area (Å²) in [6, 6.07) is 28.5. The molecule has 0 radical (unpaired) electrons. The van der Waals surface area contributed by atoms with Crippen molar-refractivity contribution in [3.05, 3.63) is 96.1 Å². The van der Waals surface area contributed by atoms with E-state index < -0.39 is 5.60 Å². The minimum atomic E-state index is -0.423. The van der Waals surface area contributed by atoms with Crippen molar-refractivity contribution in [2.75, 3.05) is 0 Å². The predicted molar refractivity (Wildman–Crippen MR) is 111 cm³/mol. The molecule has 1 atom stereocenters. The summed E-state index contributed by atoms with van der Waals surface area (Å²) in [4.78, 5) is 0. The van der Waals surface area contributed by atoms with Gasteiger partial charge in [0.2, 0.25) is 0 Å². The normalized spacial score (nSPS) is 13.6. The maximum Gasteiger partial charge on any atom is 0.131 e. The molecule has 0 aliphatic carbocycles. The van der Waals surface area contributed by atoms with Crippen LogP contribution in [0.25, 0.3) is 0 Å². The molecule has 1 unspecified atom stereocenters. The van der Waals surface area contributed by atoms with Gasteiger partial charge in [-0.1, -0.05) is 67.6 Å². The van der Waals surface area contributed by atoms with Gasteiger partial charge in [-0.2, -0.15) is 0 Å². The van der Waals surface area contributed by atoms with Crippen molar-refractivity contribution in [3.63, 3.8) is 0 Å². The molecular formula is C25H28O2. The summed E-state index contributed by atoms with van der Waals surface area (Å²) in [5.41, 5.74) is 1.52. The standard InChI is InChI=1S/C25H28O2/c1-5-25(4,21-12-8-6-9-13-21)27-23-18-16-20(17-19-23)24(2,3)26-22-14-10-7-11-15-22/h6-19H,5H2,1-4H3. The van der Waals surface area contributed by atoms with E-state index in [1.54, 1.807) is 0 Å². The Morgan fingerprint density at radius 1 is 0.593 bits per heavy atom. The lowest BCUT2D eigenvalue weighted by Crippen LogP contribution is -2.28. The second-order valence-electron chi connectivity index (χ2n) is 7.50. The van der Waals surface area contributed by atoms with Gasteiger partial charge in [0.25, 0.3) is 0 Å². The van der Waals surface area contributed by atoms with Gasteiger partial charge in [0.15, 0.2) is 0 Å². The van der Waals surface area contributed by atoms with Gasteiger partial charge >= 0.3 is 0 Å². The zero-order valence-electron chi connectivity index (χ0n) is 16.6. The van der Waals surface area contributed by atoms with Gasteiger partial charge in [-0.15, -0.1) is 0 Å². The molecule has 0 spiro atoms. The van der Waals surface area contributed by atoms with E-state index in [1.807, 2.05) is 48.5 Å². The quantitative estimate of drug-likeness (QED) is 0.466. The zero-order valence-corrected chi connectivity index (χ0v) is 16.6. The van der Waals surface area contributed by atoms with Crippen LogP contribution in [0.3, 0.4) is 0 Å². The minimum absolute atomic E-state index is 0.348. The lowest BCUT2D eigenvalue weighted by atomic mass is 9.93. The number of rotatable bonds is 7. The molecule has 3 rings (SSSR count). The topological polar surface area (TPSA) is 18.5 Å². The van der Waals surface area contributed by atoms with E-state index in [1.165, 1.54) is 5.56 Å². The molecule has 0 aliphatic rings. The number of hydrogen-bond donors (Lipinski definition) is 0. The summed E-state index contributed by atoms with van der Waals surface area (Å²) < 4.78 is 12.6. The van der Waals surface area contributed by atoms with Crippen molar-refractivity contribution in [1.82, 2.24) is 0 Å². The lowest BCUT2D eigenvalue weighted by Gasteiger charge is -2.31. The summed E-state index contributed by atoms with van der Waals surface area (Å²) in [6.45, 7) is 8.45. The Kier molecular flexibility index (Phi) is 5.55. The highest BCUT2D eigenvalue weighted by molar-refractivity contribution is 5.33. The second-order valence-corrected chi connectivity index (χ2v) is 7.50. The molecule has 0 aromatic heterocycles. The van der Waals surface area contributed by atoms with Gasteiger partial charge in [0.1, 0.15) is 22.7 Å². The number of para-hydroxylation sites is 1. The molecule has 0 saturated heterocycles. The van der Waals surface area contributed by atoms with E-state index in [0.717, 1.165) is 23.5 Å². The van der Waals surface area contributed by atoms with Crippen LogP contribution in [0.2, 0.25) is 0 Å². The van der Waals surface area contributed by atoms with Crippen LogP contribution in [0.1, 0.15) is 45.2 Å². The Morgan fingerprint density at radius 2 is 1.11 bits per heavy atom. The van der Waals surface area contributed by atoms with Crippen molar-refractivity contribution in [1.29, 1.82) is 0 Å². The first-order valence-corrected chi connectivity index (χ1v) is 9.52. The van der Waals surface area contributed by atoms with Crippen LogP contribution in [0.15, 0.2) is 84.9 Å². The SMILES string of the molecule is CCC(C)(Oc1ccc(C(C)(C)Oc2ccccc2)cc1)c1ccccc1. The molecule has 2 heteroatoms. The molecule has 140 valence electrons. The first kappa shape index (κ1) is 19.0. The van der Waals surface area contributed by atoms with Gasteiger partial charge in [-0.3, -0.25) is 0 Å². The van der Waals surface area contributed by atoms with Crippen LogP contribution in [0.4, 0.5) is 0 Å². The van der Waals surface area contributed by atoms with Crippen LogP contribution in [-0.2, 0) is 11.2 Å². The fraction of sp³-hybridized carbons (Fsp3) is 0.280. The van der Waals surface area contributed by atoms with Crippen molar-refractivity contribution in [2.45, 2.75) is 45.3 Å². The minimum Gasteiger partial charge on any atom is -0.483 e. The summed E-state index contributed by atoms with van der Waals surface area (Å²) in [6.07, 6.45) is 0.890. The first-order chi connectivity index (χ1) is 12.9. The average molecular weight is 360 g/mol. The number of ether oxygens (including phenoxy) is 2. The fourth-order valence-corrected chi connectivity index (χ4v) is 3.15. The van der Waals surface area contributed by atoms with Crippen LogP contribution in [0.5, 0.6) is 11.5 Å². The molecule has 0 heterocycles. The highest BCUT2D eigenvalue weighted by atomic mass is 16.5. The Labute approximate surface area is 162 Å². The monoisotopic (exact) mass is 360 g/mol. The van der Waals surface area contributed by atoms with Crippen LogP contribution in [-0.4, -0.2) is 0 Å². The van der Waals surface area contributed by atoms with E-state index in [-0.39, 0.29) is 5.60 Å². The third kappa shape index (κ3) is 4.51. The zero-order chi connectivity index (χ0) is 19.3. The summed E-state index contributed by atoms with van der Waals surface area (Å²) in [5.74, 6) is 1.73. The van der Waals surface area contributed by atoms with Gasteiger partial charge in [0.05, 0.1) is 0 Å². The van der Waals surface area contributed by atoms with E-state index >= 15 is 0 Å². The summed E-state index contributed by atoms with van der Waals surface area (Å²) >= 11 is 0. The number of hydrogen-bond acceptors (Lipinski definition) is 2. The Morgan fingerprint density at radius 3 is 1.67 bits per heavy atom. The van der Waals surface area contributed by atoms with Crippen LogP contribution in [0, 0.1) is 0 Å². The molecule has 2 nitrogen and oxygen atoms in total. The van der Waals surface area contributed by atoms with Crippen LogP contribution < -0.4 is 9.47 Å². The van der Waals surface area contributed by atoms with E-state index in [9.17, 15) is 0 Å². The highest BCUT2D eigenvalue weighted by Gasteiger charge is 2.27. The number of benzene rings is 3. The molecule has 0 fully saturated rings. The lowest BCUT2D eigenvalue weighted by molar-refractivity contribution is 0.0820. The predicted octanol–water partition coefficient (Wildman–Crippen LogP) is 6.70. The maximum absolute atomic E-state index is 6.38. The second kappa shape index (κ2) is 7.87. The van der Waals surface area contributed by atoms with Gasteiger partial charge in [-0.25, -0.2) is 0 Å². The molecular weight excluding hydrogens is 332 g/mol. The van der Waals surface area contributed by atoms with E-state index in [0.29, 0.717) is 0 Å². The Hall–Kier alpha value is -2.74. The molecule has 3 aromatic rings. The third-order valence-electron chi connectivity index (χ3n) is 5.07. The summed E-state index contributed by atoms with van der Waals surface area (Å²) in [5, 5.41) is 0. The summed E-state index contributed by atoms with van der Waals surface area (Å²) in [7, 11) is 0. The van der Waals surface area contributed by atoms with Crippen molar-refractivity contribution in [2.24, 2.45) is 0 Å². The Balaban J connectivity index is 1.76. The van der Waals surface area contributed by atoms with Gasteiger partial charge < -0.3 is 9.47 Å². The smallest absolute Gasteiger partial charge is 0.131 e. The van der Waals surface area contributed by atoms with Gasteiger partial charge in [-0.05, 0) is 62.6 Å². The fourth-order valence-electron chi connectivity index (χ4n) is 3.15. The maximum atomic E-state index is 6.38.